The number of aliphatic carboxylic acids is 1. The molecule has 22 heteroatoms. The third-order valence-corrected chi connectivity index (χ3v) is 13.6. The third kappa shape index (κ3) is 10.1. The summed E-state index contributed by atoms with van der Waals surface area (Å²) < 4.78 is 50.8. The van der Waals surface area contributed by atoms with Gasteiger partial charge in [-0.05, 0) is 79.5 Å². The molecule has 3 amide bonds. The second-order valence-electron chi connectivity index (χ2n) is 18.3. The Morgan fingerprint density at radius 3 is 2.53 bits per heavy atom. The fourth-order valence-electron chi connectivity index (χ4n) is 9.76. The summed E-state index contributed by atoms with van der Waals surface area (Å²) in [6.07, 6.45) is -2.92. The lowest BCUT2D eigenvalue weighted by atomic mass is 9.84. The van der Waals surface area contributed by atoms with Gasteiger partial charge in [0.15, 0.2) is 11.7 Å². The van der Waals surface area contributed by atoms with Crippen LogP contribution in [0.4, 0.5) is 14.9 Å². The molecule has 388 valence electrons. The summed E-state index contributed by atoms with van der Waals surface area (Å²) in [5, 5.41) is 44.3. The summed E-state index contributed by atoms with van der Waals surface area (Å²) in [5.41, 5.74) is 3.25. The number of carbonyl (C=O) groups excluding carboxylic acids is 4. The molecule has 8 rings (SSSR count). The van der Waals surface area contributed by atoms with Gasteiger partial charge in [0.2, 0.25) is 18.1 Å². The van der Waals surface area contributed by atoms with Gasteiger partial charge >= 0.3 is 18.0 Å². The number of carboxylic acids is 1. The van der Waals surface area contributed by atoms with Crippen LogP contribution in [0.5, 0.6) is 5.75 Å². The highest BCUT2D eigenvalue weighted by atomic mass is 19.1. The van der Waals surface area contributed by atoms with E-state index in [0.29, 0.717) is 28.9 Å². The first-order valence-electron chi connectivity index (χ1n) is 23.8. The molecule has 1 saturated heterocycles. The maximum atomic E-state index is 15.2. The van der Waals surface area contributed by atoms with Gasteiger partial charge < -0.3 is 63.6 Å². The molecule has 1 fully saturated rings. The van der Waals surface area contributed by atoms with E-state index in [9.17, 15) is 49.2 Å². The van der Waals surface area contributed by atoms with Crippen molar-refractivity contribution in [2.45, 2.75) is 115 Å². The van der Waals surface area contributed by atoms with Crippen molar-refractivity contribution in [1.29, 1.82) is 0 Å². The number of ether oxygens (including phenoxy) is 6. The number of cyclic esters (lactones) is 1. The van der Waals surface area contributed by atoms with E-state index in [4.69, 9.17) is 39.8 Å². The van der Waals surface area contributed by atoms with Crippen molar-refractivity contribution in [3.8, 4) is 29.5 Å². The van der Waals surface area contributed by atoms with Crippen molar-refractivity contribution in [3.63, 3.8) is 0 Å². The smallest absolute Gasteiger partial charge is 0.411 e. The summed E-state index contributed by atoms with van der Waals surface area (Å²) in [5.74, 6) is -1.90. The van der Waals surface area contributed by atoms with E-state index in [1.54, 1.807) is 31.4 Å². The summed E-state index contributed by atoms with van der Waals surface area (Å²) in [7, 11) is 1.38. The Morgan fingerprint density at radius 2 is 1.81 bits per heavy atom. The van der Waals surface area contributed by atoms with Crippen LogP contribution in [0.2, 0.25) is 0 Å². The minimum Gasteiger partial charge on any atom is -0.479 e. The number of carbonyl (C=O) groups is 5. The number of halogens is 1. The Morgan fingerprint density at radius 1 is 1.04 bits per heavy atom. The van der Waals surface area contributed by atoms with Gasteiger partial charge in [-0.15, -0.1) is 6.42 Å². The first-order valence-corrected chi connectivity index (χ1v) is 23.8. The molecule has 2 aromatic carbocycles. The maximum Gasteiger partial charge on any atom is 0.411 e. The largest absolute Gasteiger partial charge is 0.479 e. The molecular formula is C51H56FN5O16. The second kappa shape index (κ2) is 21.6. The predicted octanol–water partition coefficient (Wildman–Crippen LogP) is 2.75. The number of anilines is 1. The van der Waals surface area contributed by atoms with Crippen LogP contribution in [0.25, 0.3) is 22.3 Å². The minimum atomic E-state index is -2.01. The third-order valence-electron chi connectivity index (χ3n) is 13.6. The van der Waals surface area contributed by atoms with E-state index in [0.717, 1.165) is 46.2 Å². The number of hydrogen-bond donors (Lipinski definition) is 5. The van der Waals surface area contributed by atoms with E-state index in [1.807, 2.05) is 0 Å². The molecule has 0 spiro atoms. The number of amides is 3. The molecule has 0 bridgehead atoms. The van der Waals surface area contributed by atoms with Crippen LogP contribution in [0.1, 0.15) is 78.5 Å². The summed E-state index contributed by atoms with van der Waals surface area (Å²) in [6.45, 7) is 3.91. The van der Waals surface area contributed by atoms with Crippen LogP contribution in [0, 0.1) is 25.1 Å². The van der Waals surface area contributed by atoms with Gasteiger partial charge in [0.25, 0.3) is 5.56 Å². The van der Waals surface area contributed by atoms with Crippen LogP contribution in [-0.2, 0) is 81.1 Å². The lowest BCUT2D eigenvalue weighted by Gasteiger charge is -2.38. The van der Waals surface area contributed by atoms with Crippen molar-refractivity contribution in [1.82, 2.24) is 19.4 Å². The Hall–Kier alpha value is -7.00. The fourth-order valence-corrected chi connectivity index (χ4v) is 9.76. The Bertz CT molecular complexity index is 2970. The number of nitrogens with zero attached hydrogens (tertiary/aromatic N) is 4. The van der Waals surface area contributed by atoms with E-state index in [2.05, 4.69) is 11.2 Å². The number of aliphatic hydroxyl groups is 3. The number of terminal acetylenes is 1. The first-order chi connectivity index (χ1) is 34.9. The average molecular weight is 1010 g/mol. The van der Waals surface area contributed by atoms with Crippen LogP contribution >= 0.6 is 0 Å². The molecular weight excluding hydrogens is 958 g/mol. The standard InChI is InChI=1S/C51H56FN5O16/c1-6-15-56(25-71-51(8-3)32-19-36-41-30(21-57(36)46(63)31(32)24-69-49(51)66)29-11-9-10-28-26(4)33(52)20-35(54-41)40(28)29)50(67)70-23-27-12-13-37(72-48-44(62)42(60)43(61)45(73-48)47(64)65)34(18-27)53-38(58)22-55(5)39(59)14-17-68-16-7-2/h2,12-13,18-20,42-45,48,60-62H,6,8-11,14-17,21-25H2,1,3-5H3,(H,53,58)(H,64,65)/t42?,43-,44?,45?,48-,51+/m0/s1. The molecule has 6 atom stereocenters. The highest BCUT2D eigenvalue weighted by Crippen LogP contribution is 2.44. The highest BCUT2D eigenvalue weighted by Gasteiger charge is 2.50. The molecule has 73 heavy (non-hydrogen) atoms. The van der Waals surface area contributed by atoms with Crippen molar-refractivity contribution < 1.29 is 77.2 Å². The van der Waals surface area contributed by atoms with Crippen LogP contribution in [0.15, 0.2) is 35.1 Å². The normalized spacial score (nSPS) is 21.5. The highest BCUT2D eigenvalue weighted by molar-refractivity contribution is 5.96. The number of carboxylic acid groups (broad SMARTS) is 1. The van der Waals surface area contributed by atoms with Gasteiger partial charge in [0.05, 0.1) is 54.3 Å². The van der Waals surface area contributed by atoms with Crippen molar-refractivity contribution in [2.75, 3.05) is 45.4 Å². The van der Waals surface area contributed by atoms with Crippen molar-refractivity contribution in [2.24, 2.45) is 0 Å². The molecule has 21 nitrogen and oxygen atoms in total. The van der Waals surface area contributed by atoms with Crippen LogP contribution < -0.4 is 15.6 Å². The molecule has 3 aliphatic heterocycles. The number of likely N-dealkylation sites (N-methyl/N-ethyl adjacent to an activating group) is 1. The summed E-state index contributed by atoms with van der Waals surface area (Å²) >= 11 is 0. The monoisotopic (exact) mass is 1010 g/mol. The SMILES string of the molecule is C#CCOCCC(=O)N(C)CC(=O)Nc1cc(COC(=O)N(CCC)CO[C@@]2(CC)C(=O)OCc3c2cc2n(c3=O)Cc3c-2nc2cc(F)c(C)c4c2c3CCC4)ccc1O[C@H]1OC(C(=O)O)[C@@H](O)C(O)C1O. The maximum absolute atomic E-state index is 15.2. The second-order valence-corrected chi connectivity index (χ2v) is 18.3. The number of fused-ring (bicyclic) bond motifs is 5. The van der Waals surface area contributed by atoms with Gasteiger partial charge in [-0.1, -0.05) is 25.8 Å². The zero-order valence-electron chi connectivity index (χ0n) is 40.6. The molecule has 3 unspecified atom stereocenters. The Labute approximate surface area is 417 Å². The molecule has 4 aliphatic rings. The Kier molecular flexibility index (Phi) is 15.5. The fraction of sp³-hybridized carbons (Fsp3) is 0.471. The Balaban J connectivity index is 1.02. The molecule has 2 aromatic heterocycles. The molecule has 5 N–H and O–H groups in total. The molecule has 0 saturated carbocycles. The molecule has 0 radical (unpaired) electrons. The lowest BCUT2D eigenvalue weighted by Crippen LogP contribution is -2.61. The zero-order valence-corrected chi connectivity index (χ0v) is 40.6. The number of aliphatic hydroxyl groups excluding tert-OH is 3. The molecule has 1 aliphatic carbocycles. The van der Waals surface area contributed by atoms with Gasteiger partial charge in [-0.2, -0.15) is 0 Å². The quantitative estimate of drug-likeness (QED) is 0.0365. The first kappa shape index (κ1) is 52.3. The van der Waals surface area contributed by atoms with Gasteiger partial charge in [0.1, 0.15) is 56.4 Å². The lowest BCUT2D eigenvalue weighted by molar-refractivity contribution is -0.271. The van der Waals surface area contributed by atoms with Crippen LogP contribution in [-0.4, -0.2) is 140 Å². The number of aromatic nitrogens is 2. The van der Waals surface area contributed by atoms with Gasteiger partial charge in [-0.3, -0.25) is 19.3 Å². The van der Waals surface area contributed by atoms with Crippen molar-refractivity contribution >= 4 is 46.4 Å². The van der Waals surface area contributed by atoms with Gasteiger partial charge in [0, 0.05) is 36.2 Å². The number of nitrogens with one attached hydrogen (secondary N) is 1. The van der Waals surface area contributed by atoms with E-state index in [1.165, 1.54) is 36.2 Å². The number of rotatable bonds is 18. The zero-order chi connectivity index (χ0) is 52.5. The van der Waals surface area contributed by atoms with Crippen LogP contribution in [0.3, 0.4) is 0 Å². The van der Waals surface area contributed by atoms with Gasteiger partial charge in [-0.25, -0.2) is 23.8 Å². The number of hydrogen-bond acceptors (Lipinski definition) is 16. The number of esters is 1. The summed E-state index contributed by atoms with van der Waals surface area (Å²) in [4.78, 5) is 87.3. The van der Waals surface area contributed by atoms with Crippen molar-refractivity contribution in [3.05, 3.63) is 85.4 Å². The number of pyridine rings is 2. The van der Waals surface area contributed by atoms with E-state index in [-0.39, 0.29) is 79.7 Å². The van der Waals surface area contributed by atoms with E-state index < -0.39 is 91.6 Å². The predicted molar refractivity (Wildman–Crippen MR) is 254 cm³/mol. The minimum absolute atomic E-state index is 0.00106. The van der Waals surface area contributed by atoms with E-state index >= 15 is 4.39 Å². The molecule has 4 aromatic rings. The number of benzene rings is 2. The number of aryl methyl sites for hydroxylation is 2. The summed E-state index contributed by atoms with van der Waals surface area (Å²) in [6, 6.07) is 7.17. The average Bonchev–Trinajstić information content (AvgIpc) is 3.74. The molecule has 5 heterocycles. The topological polar surface area (TPSA) is 275 Å².